The van der Waals surface area contributed by atoms with Crippen LogP contribution < -0.4 is 0 Å². The number of rotatable bonds is 3. The molecule has 1 aromatic heterocycles. The summed E-state index contributed by atoms with van der Waals surface area (Å²) in [5.41, 5.74) is 1.98. The molecule has 0 saturated carbocycles. The molecule has 1 aliphatic heterocycles. The van der Waals surface area contributed by atoms with Crippen LogP contribution in [0.1, 0.15) is 11.3 Å². The van der Waals surface area contributed by atoms with E-state index in [1.54, 1.807) is 6.20 Å². The van der Waals surface area contributed by atoms with Crippen molar-refractivity contribution in [3.63, 3.8) is 0 Å². The van der Waals surface area contributed by atoms with E-state index in [2.05, 4.69) is 4.98 Å². The van der Waals surface area contributed by atoms with Crippen molar-refractivity contribution in [1.82, 2.24) is 9.88 Å². The third-order valence-electron chi connectivity index (χ3n) is 2.25. The van der Waals surface area contributed by atoms with Crippen molar-refractivity contribution < 1.29 is 4.92 Å². The first kappa shape index (κ1) is 11.7. The van der Waals surface area contributed by atoms with Crippen molar-refractivity contribution in [3.8, 4) is 0 Å². The van der Waals surface area contributed by atoms with E-state index in [9.17, 15) is 10.1 Å². The predicted molar refractivity (Wildman–Crippen MR) is 66.3 cm³/mol. The van der Waals surface area contributed by atoms with E-state index < -0.39 is 4.92 Å². The summed E-state index contributed by atoms with van der Waals surface area (Å²) in [5, 5.41) is 12.9. The summed E-state index contributed by atoms with van der Waals surface area (Å²) >= 11 is 1.35. The number of pyridine rings is 1. The first-order valence-corrected chi connectivity index (χ1v) is 5.90. The molecule has 0 atom stereocenters. The topological polar surface area (TPSA) is 59.3 Å². The highest BCUT2D eigenvalue weighted by atomic mass is 32.2. The maximum atomic E-state index is 10.4. The zero-order valence-electron chi connectivity index (χ0n) is 9.24. The van der Waals surface area contributed by atoms with Crippen molar-refractivity contribution in [2.75, 3.05) is 0 Å². The van der Waals surface area contributed by atoms with E-state index >= 15 is 0 Å². The molecule has 0 amide bonds. The Bertz CT molecular complexity index is 482. The van der Waals surface area contributed by atoms with Crippen molar-refractivity contribution in [3.05, 3.63) is 62.5 Å². The molecule has 0 aromatic carbocycles. The lowest BCUT2D eigenvalue weighted by Gasteiger charge is -2.15. The molecule has 2 heterocycles. The molecule has 2 rings (SSSR count). The van der Waals surface area contributed by atoms with Crippen LogP contribution in [0.25, 0.3) is 0 Å². The maximum absolute atomic E-state index is 10.4. The van der Waals surface area contributed by atoms with Crippen LogP contribution in [-0.4, -0.2) is 14.8 Å². The first-order valence-electron chi connectivity index (χ1n) is 5.02. The molecule has 0 fully saturated rings. The van der Waals surface area contributed by atoms with Gasteiger partial charge >= 0.3 is 0 Å². The minimum Gasteiger partial charge on any atom is -0.332 e. The molecule has 1 aliphatic rings. The van der Waals surface area contributed by atoms with Gasteiger partial charge in [0.1, 0.15) is 0 Å². The molecule has 1 aromatic rings. The minimum absolute atomic E-state index is 0.435. The van der Waals surface area contributed by atoms with Gasteiger partial charge in [-0.2, -0.15) is 0 Å². The van der Waals surface area contributed by atoms with Gasteiger partial charge in [0.05, 0.1) is 4.92 Å². The Morgan fingerprint density at radius 3 is 3.06 bits per heavy atom. The summed E-state index contributed by atoms with van der Waals surface area (Å²) in [7, 11) is 0. The number of aromatic nitrogens is 1. The average Bonchev–Trinajstić information content (AvgIpc) is 2.68. The smallest absolute Gasteiger partial charge is 0.264 e. The largest absolute Gasteiger partial charge is 0.332 e. The van der Waals surface area contributed by atoms with Gasteiger partial charge in [0.25, 0.3) is 6.20 Å². The quantitative estimate of drug-likeness (QED) is 0.608. The molecule has 88 valence electrons. The number of thioether (sulfide) groups is 1. The van der Waals surface area contributed by atoms with Gasteiger partial charge in [-0.1, -0.05) is 17.8 Å². The first-order chi connectivity index (χ1) is 8.15. The summed E-state index contributed by atoms with van der Waals surface area (Å²) in [4.78, 5) is 16.0. The fourth-order valence-corrected chi connectivity index (χ4v) is 2.18. The van der Waals surface area contributed by atoms with E-state index in [1.807, 2.05) is 35.6 Å². The Morgan fingerprint density at radius 1 is 1.59 bits per heavy atom. The van der Waals surface area contributed by atoms with E-state index in [0.29, 0.717) is 11.6 Å². The van der Waals surface area contributed by atoms with Gasteiger partial charge in [-0.3, -0.25) is 15.1 Å². The maximum Gasteiger partial charge on any atom is 0.264 e. The molecule has 5 nitrogen and oxygen atoms in total. The molecular formula is C11H11N3O2S. The van der Waals surface area contributed by atoms with Crippen molar-refractivity contribution in [2.45, 2.75) is 13.5 Å². The summed E-state index contributed by atoms with van der Waals surface area (Å²) in [6.45, 7) is 2.52. The molecule has 0 unspecified atom stereocenters. The van der Waals surface area contributed by atoms with E-state index in [4.69, 9.17) is 0 Å². The summed E-state index contributed by atoms with van der Waals surface area (Å²) < 4.78 is 0. The van der Waals surface area contributed by atoms with Crippen LogP contribution in [-0.2, 0) is 6.54 Å². The highest BCUT2D eigenvalue weighted by molar-refractivity contribution is 8.06. The van der Waals surface area contributed by atoms with Crippen LogP contribution in [0, 0.1) is 17.0 Å². The molecule has 0 N–H and O–H groups in total. The Balaban J connectivity index is 2.10. The Kier molecular flexibility index (Phi) is 3.43. The molecule has 0 bridgehead atoms. The average molecular weight is 249 g/mol. The Labute approximate surface area is 103 Å². The Morgan fingerprint density at radius 2 is 2.41 bits per heavy atom. The normalized spacial score (nSPS) is 16.8. The second-order valence-electron chi connectivity index (χ2n) is 3.59. The second-order valence-corrected chi connectivity index (χ2v) is 4.52. The zero-order valence-corrected chi connectivity index (χ0v) is 10.1. The number of nitro groups is 1. The third-order valence-corrected chi connectivity index (χ3v) is 3.09. The number of nitrogens with zero attached hydrogens (tertiary/aromatic N) is 3. The van der Waals surface area contributed by atoms with Crippen molar-refractivity contribution in [2.24, 2.45) is 0 Å². The van der Waals surface area contributed by atoms with Crippen molar-refractivity contribution in [1.29, 1.82) is 0 Å². The zero-order chi connectivity index (χ0) is 12.3. The van der Waals surface area contributed by atoms with Crippen LogP contribution in [0.4, 0.5) is 0 Å². The van der Waals surface area contributed by atoms with Gasteiger partial charge in [-0.05, 0) is 24.0 Å². The number of hydrogen-bond acceptors (Lipinski definition) is 5. The monoisotopic (exact) mass is 249 g/mol. The number of hydrogen-bond donors (Lipinski definition) is 0. The fraction of sp³-hybridized carbons (Fsp3) is 0.182. The minimum atomic E-state index is -0.435. The van der Waals surface area contributed by atoms with Gasteiger partial charge < -0.3 is 4.90 Å². The molecule has 17 heavy (non-hydrogen) atoms. The summed E-state index contributed by atoms with van der Waals surface area (Å²) in [5.74, 6) is 0. The van der Waals surface area contributed by atoms with Crippen LogP contribution in [0.5, 0.6) is 0 Å². The van der Waals surface area contributed by atoms with E-state index in [0.717, 1.165) is 17.5 Å². The van der Waals surface area contributed by atoms with Crippen molar-refractivity contribution >= 4 is 11.8 Å². The van der Waals surface area contributed by atoms with Gasteiger partial charge in [-0.25, -0.2) is 0 Å². The van der Waals surface area contributed by atoms with Crippen LogP contribution >= 0.6 is 11.8 Å². The fourth-order valence-electron chi connectivity index (χ4n) is 1.43. The van der Waals surface area contributed by atoms with Gasteiger partial charge in [0, 0.05) is 24.6 Å². The summed E-state index contributed by atoms with van der Waals surface area (Å²) in [6, 6.07) is 3.90. The lowest BCUT2D eigenvalue weighted by molar-refractivity contribution is -0.403. The lowest BCUT2D eigenvalue weighted by atomic mass is 10.2. The lowest BCUT2D eigenvalue weighted by Crippen LogP contribution is -2.12. The van der Waals surface area contributed by atoms with E-state index in [-0.39, 0.29) is 0 Å². The van der Waals surface area contributed by atoms with Gasteiger partial charge in [0.2, 0.25) is 0 Å². The summed E-state index contributed by atoms with van der Waals surface area (Å²) in [6.07, 6.45) is 4.64. The molecular weight excluding hydrogens is 238 g/mol. The molecule has 6 heteroatoms. The third kappa shape index (κ3) is 3.07. The molecule has 0 radical (unpaired) electrons. The highest BCUT2D eigenvalue weighted by Crippen LogP contribution is 2.30. The SMILES string of the molecule is Cc1ccc(CN2C=CSC2=C[N+](=O)[O-])cn1. The molecule has 0 aliphatic carbocycles. The molecule has 0 spiro atoms. The van der Waals surface area contributed by atoms with Gasteiger partial charge in [0.15, 0.2) is 5.03 Å². The standard InChI is InChI=1S/C11H11N3O2S/c1-9-2-3-10(6-12-9)7-13-4-5-17-11(13)8-14(15)16/h2-6,8H,7H2,1H3. The second kappa shape index (κ2) is 5.01. The predicted octanol–water partition coefficient (Wildman–Crippen LogP) is 2.49. The van der Waals surface area contributed by atoms with Crippen LogP contribution in [0.3, 0.4) is 0 Å². The Hall–Kier alpha value is -1.82. The van der Waals surface area contributed by atoms with E-state index in [1.165, 1.54) is 11.8 Å². The van der Waals surface area contributed by atoms with Gasteiger partial charge in [-0.15, -0.1) is 0 Å². The number of aryl methyl sites for hydroxylation is 1. The highest BCUT2D eigenvalue weighted by Gasteiger charge is 2.16. The van der Waals surface area contributed by atoms with Crippen LogP contribution in [0.15, 0.2) is 41.2 Å². The van der Waals surface area contributed by atoms with Crippen LogP contribution in [0.2, 0.25) is 0 Å². The molecule has 0 saturated heterocycles.